The van der Waals surface area contributed by atoms with Crippen molar-refractivity contribution >= 4 is 66.5 Å². The molecule has 1 saturated heterocycles. The Balaban J connectivity index is 1.66. The van der Waals surface area contributed by atoms with Gasteiger partial charge in [0.1, 0.15) is 6.54 Å². The summed E-state index contributed by atoms with van der Waals surface area (Å²) < 4.78 is 23.4. The summed E-state index contributed by atoms with van der Waals surface area (Å²) in [4.78, 5) is 37.8. The highest BCUT2D eigenvalue weighted by Gasteiger charge is 2.36. The summed E-state index contributed by atoms with van der Waals surface area (Å²) in [6.45, 7) is -0.459. The first-order valence-electron chi connectivity index (χ1n) is 8.07. The highest BCUT2D eigenvalue weighted by atomic mass is 79.9. The van der Waals surface area contributed by atoms with Crippen LogP contribution in [0.25, 0.3) is 6.08 Å². The van der Waals surface area contributed by atoms with Crippen molar-refractivity contribution in [2.24, 2.45) is 5.14 Å². The number of thioether (sulfide) groups is 1. The van der Waals surface area contributed by atoms with Gasteiger partial charge in [-0.2, -0.15) is 0 Å². The minimum absolute atomic E-state index is 0.0977. The number of nitrogens with two attached hydrogens (primary N) is 1. The second kappa shape index (κ2) is 8.49. The summed E-state index contributed by atoms with van der Waals surface area (Å²) in [5.41, 5.74) is 1.05. The van der Waals surface area contributed by atoms with E-state index in [1.807, 2.05) is 12.1 Å². The number of sulfonamides is 1. The van der Waals surface area contributed by atoms with E-state index >= 15 is 0 Å². The first-order chi connectivity index (χ1) is 13.6. The molecule has 8 nitrogen and oxygen atoms in total. The van der Waals surface area contributed by atoms with Gasteiger partial charge in [-0.1, -0.05) is 28.1 Å². The first-order valence-corrected chi connectivity index (χ1v) is 11.2. The zero-order valence-electron chi connectivity index (χ0n) is 14.7. The van der Waals surface area contributed by atoms with Crippen molar-refractivity contribution in [2.75, 3.05) is 11.9 Å². The number of hydrogen-bond acceptors (Lipinski definition) is 6. The number of nitrogens with one attached hydrogen (secondary N) is 1. The number of benzene rings is 2. The molecule has 0 radical (unpaired) electrons. The predicted octanol–water partition coefficient (Wildman–Crippen LogP) is 2.77. The van der Waals surface area contributed by atoms with Gasteiger partial charge in [-0.15, -0.1) is 0 Å². The van der Waals surface area contributed by atoms with Gasteiger partial charge in [0, 0.05) is 10.2 Å². The molecule has 2 aromatic rings. The van der Waals surface area contributed by atoms with E-state index in [0.29, 0.717) is 5.69 Å². The lowest BCUT2D eigenvalue weighted by atomic mass is 10.2. The lowest BCUT2D eigenvalue weighted by molar-refractivity contribution is -0.127. The molecule has 11 heteroatoms. The summed E-state index contributed by atoms with van der Waals surface area (Å²) in [6, 6.07) is 12.4. The molecule has 0 bridgehead atoms. The second-order valence-electron chi connectivity index (χ2n) is 5.94. The number of amides is 3. The third-order valence-corrected chi connectivity index (χ3v) is 6.17. The van der Waals surface area contributed by atoms with Crippen LogP contribution in [0.3, 0.4) is 0 Å². The van der Waals surface area contributed by atoms with Gasteiger partial charge in [0.15, 0.2) is 0 Å². The molecular formula is C18H14BrN3O5S2. The predicted molar refractivity (Wildman–Crippen MR) is 113 cm³/mol. The zero-order chi connectivity index (χ0) is 21.2. The molecule has 1 aliphatic heterocycles. The van der Waals surface area contributed by atoms with Gasteiger partial charge >= 0.3 is 0 Å². The maximum absolute atomic E-state index is 12.5. The quantitative estimate of drug-likeness (QED) is 0.613. The van der Waals surface area contributed by atoms with Gasteiger partial charge in [0.25, 0.3) is 11.1 Å². The molecule has 3 amide bonds. The van der Waals surface area contributed by atoms with Crippen LogP contribution in [0.15, 0.2) is 62.8 Å². The molecule has 29 heavy (non-hydrogen) atoms. The van der Waals surface area contributed by atoms with E-state index in [-0.39, 0.29) is 9.80 Å². The number of rotatable bonds is 5. The Bertz CT molecular complexity index is 1110. The maximum Gasteiger partial charge on any atom is 0.294 e. The Morgan fingerprint density at radius 2 is 1.72 bits per heavy atom. The lowest BCUT2D eigenvalue weighted by Gasteiger charge is -2.12. The molecule has 3 rings (SSSR count). The Hall–Kier alpha value is -2.47. The molecule has 0 saturated carbocycles. The number of anilines is 1. The molecule has 0 unspecified atom stereocenters. The number of carbonyl (C=O) groups excluding carboxylic acids is 3. The van der Waals surface area contributed by atoms with Gasteiger partial charge in [-0.25, -0.2) is 13.6 Å². The number of nitrogens with zero attached hydrogens (tertiary/aromatic N) is 1. The van der Waals surface area contributed by atoms with Crippen molar-refractivity contribution in [2.45, 2.75) is 4.90 Å². The summed E-state index contributed by atoms with van der Waals surface area (Å²) in [5, 5.41) is 6.98. The van der Waals surface area contributed by atoms with Crippen LogP contribution in [0.1, 0.15) is 5.56 Å². The van der Waals surface area contributed by atoms with E-state index in [1.54, 1.807) is 18.2 Å². The topological polar surface area (TPSA) is 127 Å². The van der Waals surface area contributed by atoms with E-state index in [4.69, 9.17) is 5.14 Å². The molecule has 0 aliphatic carbocycles. The Morgan fingerprint density at radius 1 is 1.10 bits per heavy atom. The van der Waals surface area contributed by atoms with Gasteiger partial charge < -0.3 is 5.32 Å². The van der Waals surface area contributed by atoms with Crippen molar-refractivity contribution in [3.63, 3.8) is 0 Å². The monoisotopic (exact) mass is 495 g/mol. The Kier molecular flexibility index (Phi) is 6.22. The van der Waals surface area contributed by atoms with Crippen molar-refractivity contribution < 1.29 is 22.8 Å². The molecule has 0 spiro atoms. The number of halogens is 1. The van der Waals surface area contributed by atoms with Crippen LogP contribution < -0.4 is 10.5 Å². The molecule has 1 fully saturated rings. The van der Waals surface area contributed by atoms with Crippen molar-refractivity contribution in [3.05, 3.63) is 63.5 Å². The van der Waals surface area contributed by atoms with Gasteiger partial charge in [0.05, 0.1) is 9.80 Å². The summed E-state index contributed by atoms with van der Waals surface area (Å²) in [7, 11) is -3.84. The van der Waals surface area contributed by atoms with Crippen LogP contribution in [-0.4, -0.2) is 36.9 Å². The second-order valence-corrected chi connectivity index (χ2v) is 9.41. The number of imide groups is 1. The van der Waals surface area contributed by atoms with Crippen molar-refractivity contribution in [1.82, 2.24) is 4.90 Å². The molecule has 1 aliphatic rings. The fourth-order valence-electron chi connectivity index (χ4n) is 2.42. The molecule has 0 atom stereocenters. The third-order valence-electron chi connectivity index (χ3n) is 3.81. The molecule has 0 aromatic heterocycles. The maximum atomic E-state index is 12.5. The van der Waals surface area contributed by atoms with E-state index < -0.39 is 33.6 Å². The van der Waals surface area contributed by atoms with Crippen LogP contribution in [0, 0.1) is 0 Å². The van der Waals surface area contributed by atoms with Crippen LogP contribution in [0.4, 0.5) is 10.5 Å². The van der Waals surface area contributed by atoms with Crippen LogP contribution in [0.2, 0.25) is 0 Å². The van der Waals surface area contributed by atoms with Crippen molar-refractivity contribution in [3.8, 4) is 0 Å². The minimum Gasteiger partial charge on any atom is -0.325 e. The summed E-state index contributed by atoms with van der Waals surface area (Å²) in [6.07, 6.45) is 1.58. The fraction of sp³-hybridized carbons (Fsp3) is 0.0556. The SMILES string of the molecule is NS(=O)(=O)c1ccc(NC(=O)CN2C(=O)S/C(=C\c3ccc(Br)cc3)C2=O)cc1. The fourth-order valence-corrected chi connectivity index (χ4v) is 4.04. The zero-order valence-corrected chi connectivity index (χ0v) is 17.9. The molecule has 3 N–H and O–H groups in total. The molecule has 150 valence electrons. The van der Waals surface area contributed by atoms with E-state index in [9.17, 15) is 22.8 Å². The molecule has 2 aromatic carbocycles. The minimum atomic E-state index is -3.84. The Labute approximate surface area is 179 Å². The lowest BCUT2D eigenvalue weighted by Crippen LogP contribution is -2.36. The average Bonchev–Trinajstić information content (AvgIpc) is 2.91. The smallest absolute Gasteiger partial charge is 0.294 e. The highest BCUT2D eigenvalue weighted by molar-refractivity contribution is 9.10. The van der Waals surface area contributed by atoms with Gasteiger partial charge in [-0.05, 0) is 59.8 Å². The van der Waals surface area contributed by atoms with E-state index in [1.165, 1.54) is 24.3 Å². The van der Waals surface area contributed by atoms with Gasteiger partial charge in [0.2, 0.25) is 15.9 Å². The van der Waals surface area contributed by atoms with Crippen LogP contribution in [0.5, 0.6) is 0 Å². The molecular weight excluding hydrogens is 482 g/mol. The normalized spacial score (nSPS) is 15.8. The Morgan fingerprint density at radius 3 is 2.31 bits per heavy atom. The van der Waals surface area contributed by atoms with Crippen LogP contribution >= 0.6 is 27.7 Å². The number of carbonyl (C=O) groups is 3. The number of primary sulfonamides is 1. The molecule has 1 heterocycles. The number of hydrogen-bond donors (Lipinski definition) is 2. The standard InChI is InChI=1S/C18H14BrN3O5S2/c19-12-3-1-11(2-4-12)9-15-17(24)22(18(25)28-15)10-16(23)21-13-5-7-14(8-6-13)29(20,26)27/h1-9H,10H2,(H,21,23)(H2,20,26,27)/b15-9-. The highest BCUT2D eigenvalue weighted by Crippen LogP contribution is 2.32. The summed E-state index contributed by atoms with van der Waals surface area (Å²) in [5.74, 6) is -1.15. The first kappa shape index (κ1) is 21.2. The van der Waals surface area contributed by atoms with Gasteiger partial charge in [-0.3, -0.25) is 19.3 Å². The average molecular weight is 496 g/mol. The summed E-state index contributed by atoms with van der Waals surface area (Å²) >= 11 is 4.08. The van der Waals surface area contributed by atoms with E-state index in [0.717, 1.165) is 26.7 Å². The van der Waals surface area contributed by atoms with Crippen molar-refractivity contribution in [1.29, 1.82) is 0 Å². The third kappa shape index (κ3) is 5.32. The van der Waals surface area contributed by atoms with E-state index in [2.05, 4.69) is 21.2 Å². The van der Waals surface area contributed by atoms with Crippen LogP contribution in [-0.2, 0) is 19.6 Å². The largest absolute Gasteiger partial charge is 0.325 e.